The Bertz CT molecular complexity index is 77.8. The third-order valence-electron chi connectivity index (χ3n) is 0.927. The molecule has 0 aromatic heterocycles. The monoisotopic (exact) mass is 294 g/mol. The molecule has 0 amide bonds. The van der Waals surface area contributed by atoms with Crippen LogP contribution in [0.3, 0.4) is 0 Å². The van der Waals surface area contributed by atoms with E-state index in [1.807, 2.05) is 0 Å². The van der Waals surface area contributed by atoms with E-state index in [2.05, 4.69) is 0 Å². The molecule has 0 unspecified atom stereocenters. The van der Waals surface area contributed by atoms with Gasteiger partial charge in [0.15, 0.2) is 0 Å². The van der Waals surface area contributed by atoms with Gasteiger partial charge in [-0.2, -0.15) is 0 Å². The zero-order valence-electron chi connectivity index (χ0n) is 3.85. The summed E-state index contributed by atoms with van der Waals surface area (Å²) in [6, 6.07) is 0. The van der Waals surface area contributed by atoms with Crippen molar-refractivity contribution < 1.29 is 9.90 Å². The second-order valence-electron chi connectivity index (χ2n) is 1.61. The molecule has 1 aliphatic carbocycles. The van der Waals surface area contributed by atoms with Crippen molar-refractivity contribution >= 4 is 33.3 Å². The number of carboxylic acids is 1. The first-order valence-corrected chi connectivity index (χ1v) is 2.03. The van der Waals surface area contributed by atoms with Crippen LogP contribution < -0.4 is 0 Å². The first-order chi connectivity index (χ1) is 2.80. The molecule has 1 N–H and O–H groups in total. The van der Waals surface area contributed by atoms with E-state index in [-0.39, 0.29) is 33.2 Å². The van der Waals surface area contributed by atoms with E-state index in [1.54, 1.807) is 0 Å². The van der Waals surface area contributed by atoms with Gasteiger partial charge in [-0.05, 0) is 12.8 Å². The molecule has 0 saturated heterocycles. The van der Waals surface area contributed by atoms with Crippen LogP contribution in [0.15, 0.2) is 0 Å². The van der Waals surface area contributed by atoms with Gasteiger partial charge in [-0.3, -0.25) is 4.79 Å². The largest absolute Gasteiger partial charge is 0.481 e. The summed E-state index contributed by atoms with van der Waals surface area (Å²) < 4.78 is 0. The second-order valence-corrected chi connectivity index (χ2v) is 1.61. The number of carboxylic acid groups (broad SMARTS) is 1. The molecule has 38 valence electrons. The van der Waals surface area contributed by atoms with E-state index in [9.17, 15) is 4.79 Å². The number of hydrogen-bond acceptors (Lipinski definition) is 1. The Labute approximate surface area is 62.1 Å². The molecule has 0 bridgehead atoms. The fourth-order valence-electron chi connectivity index (χ4n) is 0.330. The van der Waals surface area contributed by atoms with Crippen molar-refractivity contribution in [1.82, 2.24) is 0 Å². The van der Waals surface area contributed by atoms with Gasteiger partial charge in [-0.25, -0.2) is 0 Å². The molecule has 0 atom stereocenters. The van der Waals surface area contributed by atoms with Crippen LogP contribution in [-0.2, 0) is 4.79 Å². The van der Waals surface area contributed by atoms with Crippen LogP contribution >= 0.6 is 0 Å². The van der Waals surface area contributed by atoms with E-state index < -0.39 is 5.97 Å². The van der Waals surface area contributed by atoms with Crippen LogP contribution in [0.4, 0.5) is 0 Å². The van der Waals surface area contributed by atoms with Crippen molar-refractivity contribution in [2.24, 2.45) is 5.92 Å². The SMILES string of the molecule is O=C(O)C1CC1.[Pb]. The van der Waals surface area contributed by atoms with E-state index in [0.717, 1.165) is 12.8 Å². The second kappa shape index (κ2) is 2.64. The summed E-state index contributed by atoms with van der Waals surface area (Å²) in [6.45, 7) is 0. The summed E-state index contributed by atoms with van der Waals surface area (Å²) in [4.78, 5) is 9.76. The van der Waals surface area contributed by atoms with Crippen LogP contribution in [0, 0.1) is 5.92 Å². The molecule has 1 rings (SSSR count). The predicted octanol–water partition coefficient (Wildman–Crippen LogP) is 0.100. The van der Waals surface area contributed by atoms with Crippen LogP contribution in [0.25, 0.3) is 0 Å². The van der Waals surface area contributed by atoms with Gasteiger partial charge in [0, 0.05) is 27.3 Å². The molecule has 0 aromatic carbocycles. The Kier molecular flexibility index (Phi) is 2.79. The average Bonchev–Trinajstić information content (AvgIpc) is 2.06. The smallest absolute Gasteiger partial charge is 0.306 e. The van der Waals surface area contributed by atoms with Gasteiger partial charge in [0.25, 0.3) is 0 Å². The van der Waals surface area contributed by atoms with Gasteiger partial charge >= 0.3 is 5.97 Å². The molecular weight excluding hydrogens is 287 g/mol. The molecule has 0 aromatic rings. The Hall–Kier alpha value is 0.392. The van der Waals surface area contributed by atoms with Crippen molar-refractivity contribution in [1.29, 1.82) is 0 Å². The maximum Gasteiger partial charge on any atom is 0.306 e. The maximum atomic E-state index is 9.76. The third-order valence-corrected chi connectivity index (χ3v) is 0.927. The van der Waals surface area contributed by atoms with Crippen LogP contribution in [0.1, 0.15) is 12.8 Å². The maximum absolute atomic E-state index is 9.76. The van der Waals surface area contributed by atoms with Gasteiger partial charge in [0.1, 0.15) is 0 Å². The molecule has 3 heteroatoms. The fraction of sp³-hybridized carbons (Fsp3) is 0.750. The third kappa shape index (κ3) is 2.26. The standard InChI is InChI=1S/C4H6O2.Pb/c5-4(6)3-1-2-3;/h3H,1-2H2,(H,5,6);. The Balaban J connectivity index is 0.000000360. The van der Waals surface area contributed by atoms with Crippen molar-refractivity contribution in [2.45, 2.75) is 12.8 Å². The summed E-state index contributed by atoms with van der Waals surface area (Å²) >= 11 is 0. The molecule has 0 spiro atoms. The molecule has 0 heterocycles. The van der Waals surface area contributed by atoms with Gasteiger partial charge < -0.3 is 5.11 Å². The van der Waals surface area contributed by atoms with Crippen molar-refractivity contribution in [3.05, 3.63) is 0 Å². The molecular formula is C4H6O2Pb. The summed E-state index contributed by atoms with van der Waals surface area (Å²) in [5.41, 5.74) is 0. The molecule has 4 radical (unpaired) electrons. The van der Waals surface area contributed by atoms with Gasteiger partial charge in [-0.1, -0.05) is 0 Å². The van der Waals surface area contributed by atoms with E-state index in [4.69, 9.17) is 5.11 Å². The fourth-order valence-corrected chi connectivity index (χ4v) is 0.330. The Morgan fingerprint density at radius 3 is 2.00 bits per heavy atom. The molecule has 0 aliphatic heterocycles. The normalized spacial score (nSPS) is 17.7. The summed E-state index contributed by atoms with van der Waals surface area (Å²) in [5.74, 6) is -0.611. The minimum atomic E-state index is -0.630. The van der Waals surface area contributed by atoms with Crippen molar-refractivity contribution in [3.8, 4) is 0 Å². The number of aliphatic carboxylic acids is 1. The average molecular weight is 293 g/mol. The van der Waals surface area contributed by atoms with Crippen molar-refractivity contribution in [2.75, 3.05) is 0 Å². The molecule has 1 fully saturated rings. The summed E-state index contributed by atoms with van der Waals surface area (Å²) in [6.07, 6.45) is 1.80. The van der Waals surface area contributed by atoms with Crippen LogP contribution in [0.5, 0.6) is 0 Å². The van der Waals surface area contributed by atoms with Gasteiger partial charge in [-0.15, -0.1) is 0 Å². The number of rotatable bonds is 1. The van der Waals surface area contributed by atoms with E-state index in [0.29, 0.717) is 0 Å². The summed E-state index contributed by atoms with van der Waals surface area (Å²) in [7, 11) is 0. The zero-order valence-corrected chi connectivity index (χ0v) is 7.73. The number of carbonyl (C=O) groups is 1. The van der Waals surface area contributed by atoms with Gasteiger partial charge in [0.2, 0.25) is 0 Å². The molecule has 1 saturated carbocycles. The zero-order chi connectivity index (χ0) is 4.57. The predicted molar refractivity (Wildman–Crippen MR) is 26.1 cm³/mol. The molecule has 1 aliphatic rings. The Morgan fingerprint density at radius 2 is 2.00 bits per heavy atom. The first kappa shape index (κ1) is 7.39. The van der Waals surface area contributed by atoms with E-state index >= 15 is 0 Å². The summed E-state index contributed by atoms with van der Waals surface area (Å²) in [5, 5.41) is 8.05. The molecule has 7 heavy (non-hydrogen) atoms. The van der Waals surface area contributed by atoms with Crippen LogP contribution in [-0.4, -0.2) is 38.4 Å². The quantitative estimate of drug-likeness (QED) is 0.696. The van der Waals surface area contributed by atoms with Gasteiger partial charge in [0.05, 0.1) is 5.92 Å². The first-order valence-electron chi connectivity index (χ1n) is 2.03. The minimum absolute atomic E-state index is 0. The minimum Gasteiger partial charge on any atom is -0.481 e. The van der Waals surface area contributed by atoms with Crippen LogP contribution in [0.2, 0.25) is 0 Å². The van der Waals surface area contributed by atoms with Crippen molar-refractivity contribution in [3.63, 3.8) is 0 Å². The number of hydrogen-bond donors (Lipinski definition) is 1. The van der Waals surface area contributed by atoms with E-state index in [1.165, 1.54) is 0 Å². The molecule has 2 nitrogen and oxygen atoms in total. The Morgan fingerprint density at radius 1 is 1.57 bits per heavy atom. The topological polar surface area (TPSA) is 37.3 Å².